The van der Waals surface area contributed by atoms with Crippen molar-refractivity contribution in [3.63, 3.8) is 0 Å². The number of rotatable bonds is 6. The minimum Gasteiger partial charge on any atom is -0.495 e. The Kier molecular flexibility index (Phi) is 6.43. The largest absolute Gasteiger partial charge is 0.495 e. The number of halogens is 1. The molecule has 0 aromatic heterocycles. The summed E-state index contributed by atoms with van der Waals surface area (Å²) in [6.07, 6.45) is 1.45. The number of carbonyl (C=O) groups excluding carboxylic acids is 3. The van der Waals surface area contributed by atoms with Crippen LogP contribution in [0.2, 0.25) is 5.02 Å². The van der Waals surface area contributed by atoms with Crippen molar-refractivity contribution in [2.24, 2.45) is 0 Å². The second kappa shape index (κ2) is 9.44. The minimum atomic E-state index is -0.911. The summed E-state index contributed by atoms with van der Waals surface area (Å²) in [6, 6.07) is 12.9. The van der Waals surface area contributed by atoms with Crippen molar-refractivity contribution in [1.29, 1.82) is 0 Å². The topological polar surface area (TPSA) is 94.2 Å². The van der Waals surface area contributed by atoms with Gasteiger partial charge in [0.05, 0.1) is 31.5 Å². The number of benzene rings is 3. The van der Waals surface area contributed by atoms with E-state index < -0.39 is 17.8 Å². The van der Waals surface area contributed by atoms with E-state index in [0.29, 0.717) is 17.9 Å². The molecule has 0 spiro atoms. The van der Waals surface area contributed by atoms with Crippen molar-refractivity contribution >= 4 is 52.0 Å². The average Bonchev–Trinajstić information content (AvgIpc) is 2.83. The highest BCUT2D eigenvalue weighted by molar-refractivity contribution is 6.40. The van der Waals surface area contributed by atoms with E-state index in [9.17, 15) is 14.4 Å². The van der Waals surface area contributed by atoms with Crippen LogP contribution in [0.15, 0.2) is 54.1 Å². The normalized spacial score (nSPS) is 15.0. The number of nitrogens with one attached hydrogen (secondary N) is 1. The third-order valence-electron chi connectivity index (χ3n) is 5.31. The lowest BCUT2D eigenvalue weighted by atomic mass is 10.00. The average molecular weight is 481 g/mol. The number of hydrogen-bond donors (Lipinski definition) is 1. The van der Waals surface area contributed by atoms with Gasteiger partial charge in [0.15, 0.2) is 0 Å². The summed E-state index contributed by atoms with van der Waals surface area (Å²) in [5.41, 5.74) is 0.485. The lowest BCUT2D eigenvalue weighted by molar-refractivity contribution is -0.122. The van der Waals surface area contributed by atoms with Crippen molar-refractivity contribution in [3.8, 4) is 17.2 Å². The first-order valence-corrected chi connectivity index (χ1v) is 10.7. The number of hydrogen-bond acceptors (Lipinski definition) is 6. The number of amides is 4. The molecule has 4 rings (SSSR count). The second-order valence-electron chi connectivity index (χ2n) is 7.25. The highest BCUT2D eigenvalue weighted by Crippen LogP contribution is 2.39. The van der Waals surface area contributed by atoms with Crippen molar-refractivity contribution < 1.29 is 28.6 Å². The maximum atomic E-state index is 13.4. The summed E-state index contributed by atoms with van der Waals surface area (Å²) < 4.78 is 16.2. The summed E-state index contributed by atoms with van der Waals surface area (Å²) in [5.74, 6) is -0.527. The number of urea groups is 1. The Labute approximate surface area is 200 Å². The van der Waals surface area contributed by atoms with Crippen molar-refractivity contribution in [1.82, 2.24) is 5.32 Å². The lowest BCUT2D eigenvalue weighted by Gasteiger charge is -2.28. The fourth-order valence-electron chi connectivity index (χ4n) is 3.75. The van der Waals surface area contributed by atoms with Gasteiger partial charge in [-0.2, -0.15) is 0 Å². The van der Waals surface area contributed by atoms with Gasteiger partial charge in [0.25, 0.3) is 11.8 Å². The number of barbiturate groups is 1. The quantitative estimate of drug-likeness (QED) is 0.410. The van der Waals surface area contributed by atoms with Crippen LogP contribution in [0.3, 0.4) is 0 Å². The first kappa shape index (κ1) is 23.1. The summed E-state index contributed by atoms with van der Waals surface area (Å²) in [6.45, 7) is 2.39. The molecule has 1 heterocycles. The molecule has 4 amide bonds. The summed E-state index contributed by atoms with van der Waals surface area (Å²) >= 11 is 6.16. The van der Waals surface area contributed by atoms with E-state index >= 15 is 0 Å². The molecule has 1 saturated heterocycles. The summed E-state index contributed by atoms with van der Waals surface area (Å²) in [5, 5.41) is 4.07. The molecule has 0 unspecified atom stereocenters. The van der Waals surface area contributed by atoms with Crippen LogP contribution in [0, 0.1) is 0 Å². The summed E-state index contributed by atoms with van der Waals surface area (Å²) in [7, 11) is 2.78. The molecule has 0 radical (unpaired) electrons. The predicted molar refractivity (Wildman–Crippen MR) is 129 cm³/mol. The van der Waals surface area contributed by atoms with Crippen molar-refractivity contribution in [3.05, 3.63) is 64.7 Å². The molecular weight excluding hydrogens is 460 g/mol. The molecule has 174 valence electrons. The molecule has 0 atom stereocenters. The van der Waals surface area contributed by atoms with Crippen LogP contribution in [-0.4, -0.2) is 38.7 Å². The number of anilines is 1. The highest BCUT2D eigenvalue weighted by atomic mass is 35.5. The number of ether oxygens (including phenoxy) is 3. The zero-order valence-corrected chi connectivity index (χ0v) is 19.4. The van der Waals surface area contributed by atoms with Crippen LogP contribution in [0.5, 0.6) is 17.2 Å². The van der Waals surface area contributed by atoms with E-state index in [2.05, 4.69) is 5.32 Å². The Morgan fingerprint density at radius 3 is 2.32 bits per heavy atom. The van der Waals surface area contributed by atoms with Gasteiger partial charge in [-0.3, -0.25) is 14.9 Å². The van der Waals surface area contributed by atoms with Gasteiger partial charge in [0, 0.05) is 17.5 Å². The van der Waals surface area contributed by atoms with E-state index in [4.69, 9.17) is 25.8 Å². The smallest absolute Gasteiger partial charge is 0.336 e. The number of methoxy groups -OCH3 is 2. The van der Waals surface area contributed by atoms with Gasteiger partial charge >= 0.3 is 6.03 Å². The van der Waals surface area contributed by atoms with E-state index in [0.717, 1.165) is 15.7 Å². The number of imide groups is 2. The van der Waals surface area contributed by atoms with Gasteiger partial charge in [-0.1, -0.05) is 41.9 Å². The molecule has 34 heavy (non-hydrogen) atoms. The minimum absolute atomic E-state index is 0.0844. The lowest BCUT2D eigenvalue weighted by Crippen LogP contribution is -2.54. The van der Waals surface area contributed by atoms with Gasteiger partial charge in [-0.05, 0) is 30.0 Å². The molecule has 1 aliphatic heterocycles. The Bertz CT molecular complexity index is 1350. The monoisotopic (exact) mass is 480 g/mol. The molecule has 9 heteroatoms. The molecule has 8 nitrogen and oxygen atoms in total. The SMILES string of the molecule is CCOc1ccc(/C=C2\C(=O)NC(=O)N(c3cc(OC)c(Cl)cc3OC)C2=O)c2ccccc12. The standard InChI is InChI=1S/C25H21ClN2O6/c1-4-34-20-10-9-14(15-7-5-6-8-16(15)20)11-17-23(29)27-25(31)28(24(17)30)19-13-21(32-2)18(26)12-22(19)33-3/h5-13H,4H2,1-3H3,(H,27,29,31)/b17-11+. The fourth-order valence-corrected chi connectivity index (χ4v) is 3.98. The Morgan fingerprint density at radius 1 is 0.941 bits per heavy atom. The molecule has 0 saturated carbocycles. The molecule has 1 N–H and O–H groups in total. The van der Waals surface area contributed by atoms with Gasteiger partial charge in [-0.25, -0.2) is 9.69 Å². The van der Waals surface area contributed by atoms with Crippen LogP contribution in [-0.2, 0) is 9.59 Å². The Balaban J connectivity index is 1.84. The van der Waals surface area contributed by atoms with Crippen molar-refractivity contribution in [2.75, 3.05) is 25.7 Å². The van der Waals surface area contributed by atoms with Gasteiger partial charge in [0.1, 0.15) is 22.8 Å². The molecule has 0 aliphatic carbocycles. The fraction of sp³-hybridized carbons (Fsp3) is 0.160. The molecule has 1 fully saturated rings. The van der Waals surface area contributed by atoms with Crippen molar-refractivity contribution in [2.45, 2.75) is 6.92 Å². The molecule has 3 aromatic rings. The van der Waals surface area contributed by atoms with Crippen LogP contribution in [0.25, 0.3) is 16.8 Å². The van der Waals surface area contributed by atoms with E-state index in [1.807, 2.05) is 31.2 Å². The number of carbonyl (C=O) groups is 3. The van der Waals surface area contributed by atoms with E-state index in [1.54, 1.807) is 12.1 Å². The van der Waals surface area contributed by atoms with Crippen LogP contribution >= 0.6 is 11.6 Å². The van der Waals surface area contributed by atoms with Gasteiger partial charge in [-0.15, -0.1) is 0 Å². The Hall–Kier alpha value is -4.04. The molecule has 0 bridgehead atoms. The van der Waals surface area contributed by atoms with Gasteiger partial charge in [0.2, 0.25) is 0 Å². The second-order valence-corrected chi connectivity index (χ2v) is 7.66. The maximum absolute atomic E-state index is 13.4. The number of nitrogens with zero attached hydrogens (tertiary/aromatic N) is 1. The number of fused-ring (bicyclic) bond motifs is 1. The maximum Gasteiger partial charge on any atom is 0.336 e. The third-order valence-corrected chi connectivity index (χ3v) is 5.61. The van der Waals surface area contributed by atoms with Gasteiger partial charge < -0.3 is 14.2 Å². The molecule has 1 aliphatic rings. The van der Waals surface area contributed by atoms with Crippen LogP contribution in [0.1, 0.15) is 12.5 Å². The summed E-state index contributed by atoms with van der Waals surface area (Å²) in [4.78, 5) is 39.6. The van der Waals surface area contributed by atoms with E-state index in [-0.39, 0.29) is 27.8 Å². The molecule has 3 aromatic carbocycles. The zero-order chi connectivity index (χ0) is 24.4. The Morgan fingerprint density at radius 2 is 1.65 bits per heavy atom. The third kappa shape index (κ3) is 4.04. The first-order valence-electron chi connectivity index (χ1n) is 10.4. The first-order chi connectivity index (χ1) is 16.4. The van der Waals surface area contributed by atoms with Crippen LogP contribution < -0.4 is 24.4 Å². The predicted octanol–water partition coefficient (Wildman–Crippen LogP) is 4.58. The zero-order valence-electron chi connectivity index (χ0n) is 18.7. The van der Waals surface area contributed by atoms with E-state index in [1.165, 1.54) is 32.4 Å². The van der Waals surface area contributed by atoms with Crippen LogP contribution in [0.4, 0.5) is 10.5 Å². The molecular formula is C25H21ClN2O6. The highest BCUT2D eigenvalue weighted by Gasteiger charge is 2.38.